The molecular weight excluding hydrogens is 396 g/mol. The summed E-state index contributed by atoms with van der Waals surface area (Å²) in [5.74, 6) is -1.18. The number of rotatable bonds is 5. The third kappa shape index (κ3) is 3.33. The molecular formula is C20H20N2O4S2. The number of hydrogen-bond donors (Lipinski definition) is 2. The number of anilines is 2. The maximum atomic E-state index is 13.0. The molecule has 0 atom stereocenters. The molecule has 1 aliphatic rings. The highest BCUT2D eigenvalue weighted by Gasteiger charge is 2.24. The van der Waals surface area contributed by atoms with Crippen molar-refractivity contribution in [1.82, 2.24) is 0 Å². The average molecular weight is 417 g/mol. The Morgan fingerprint density at radius 3 is 2.57 bits per heavy atom. The molecule has 1 fully saturated rings. The van der Waals surface area contributed by atoms with E-state index >= 15 is 0 Å². The fraction of sp³-hybridized carbons (Fsp3) is 0.250. The summed E-state index contributed by atoms with van der Waals surface area (Å²) in [7, 11) is -3.90. The highest BCUT2D eigenvalue weighted by atomic mass is 32.2. The molecule has 2 N–H and O–H groups in total. The van der Waals surface area contributed by atoms with Crippen molar-refractivity contribution in [2.75, 3.05) is 22.7 Å². The first-order valence-electron chi connectivity index (χ1n) is 9.00. The molecule has 28 heavy (non-hydrogen) atoms. The van der Waals surface area contributed by atoms with Crippen LogP contribution in [0.2, 0.25) is 0 Å². The van der Waals surface area contributed by atoms with Gasteiger partial charge in [0.25, 0.3) is 10.0 Å². The maximum absolute atomic E-state index is 13.0. The van der Waals surface area contributed by atoms with Gasteiger partial charge in [-0.3, -0.25) is 4.72 Å². The van der Waals surface area contributed by atoms with Gasteiger partial charge in [-0.2, -0.15) is 0 Å². The summed E-state index contributed by atoms with van der Waals surface area (Å²) in [6, 6.07) is 12.0. The molecule has 146 valence electrons. The molecule has 0 amide bonds. The van der Waals surface area contributed by atoms with Crippen molar-refractivity contribution < 1.29 is 18.3 Å². The van der Waals surface area contributed by atoms with Crippen LogP contribution in [0.4, 0.5) is 11.4 Å². The second-order valence-electron chi connectivity index (χ2n) is 6.85. The van der Waals surface area contributed by atoms with Crippen LogP contribution in [-0.2, 0) is 10.0 Å². The van der Waals surface area contributed by atoms with Crippen LogP contribution in [0.15, 0.2) is 46.7 Å². The van der Waals surface area contributed by atoms with E-state index < -0.39 is 16.0 Å². The first kappa shape index (κ1) is 18.8. The van der Waals surface area contributed by atoms with Crippen LogP contribution in [-0.4, -0.2) is 32.6 Å². The molecule has 0 radical (unpaired) electrons. The topological polar surface area (TPSA) is 86.7 Å². The summed E-state index contributed by atoms with van der Waals surface area (Å²) >= 11 is 1.20. The van der Waals surface area contributed by atoms with Crippen LogP contribution in [0.1, 0.15) is 28.8 Å². The van der Waals surface area contributed by atoms with E-state index in [1.165, 1.54) is 36.3 Å². The fourth-order valence-electron chi connectivity index (χ4n) is 3.56. The van der Waals surface area contributed by atoms with Crippen molar-refractivity contribution in [3.05, 3.63) is 53.6 Å². The smallest absolute Gasteiger partial charge is 0.337 e. The molecule has 0 bridgehead atoms. The molecule has 0 unspecified atom stereocenters. The van der Waals surface area contributed by atoms with Gasteiger partial charge < -0.3 is 10.0 Å². The zero-order valence-electron chi connectivity index (χ0n) is 15.3. The van der Waals surface area contributed by atoms with Gasteiger partial charge in [0, 0.05) is 23.5 Å². The zero-order valence-corrected chi connectivity index (χ0v) is 16.9. The van der Waals surface area contributed by atoms with Crippen LogP contribution in [0, 0.1) is 6.92 Å². The van der Waals surface area contributed by atoms with Crippen molar-refractivity contribution in [1.29, 1.82) is 0 Å². The van der Waals surface area contributed by atoms with Gasteiger partial charge in [-0.15, -0.1) is 11.3 Å². The lowest BCUT2D eigenvalue weighted by Crippen LogP contribution is -2.17. The summed E-state index contributed by atoms with van der Waals surface area (Å²) in [4.78, 5) is 13.7. The van der Waals surface area contributed by atoms with E-state index in [2.05, 4.69) is 15.7 Å². The number of sulfonamides is 1. The van der Waals surface area contributed by atoms with Crippen molar-refractivity contribution in [2.45, 2.75) is 24.0 Å². The van der Waals surface area contributed by atoms with Gasteiger partial charge in [0.05, 0.1) is 11.3 Å². The molecule has 1 aliphatic heterocycles. The standard InChI is InChI=1S/C20H20N2O4S2/c1-13-16-12-14(22-10-4-5-11-22)8-9-18(16)27-20(13)28(25,26)21-17-7-3-2-6-15(17)19(23)24/h2-3,6-9,12,21H,4-5,10-11H2,1H3,(H,23,24). The molecule has 0 saturated carbocycles. The molecule has 2 aromatic carbocycles. The van der Waals surface area contributed by atoms with Crippen LogP contribution in [0.3, 0.4) is 0 Å². The van der Waals surface area contributed by atoms with Crippen molar-refractivity contribution in [3.8, 4) is 0 Å². The molecule has 4 rings (SSSR count). The second kappa shape index (κ2) is 7.10. The van der Waals surface area contributed by atoms with Gasteiger partial charge in [-0.25, -0.2) is 13.2 Å². The number of benzene rings is 2. The van der Waals surface area contributed by atoms with Crippen molar-refractivity contribution >= 4 is 48.8 Å². The lowest BCUT2D eigenvalue weighted by Gasteiger charge is -2.17. The van der Waals surface area contributed by atoms with Crippen LogP contribution < -0.4 is 9.62 Å². The van der Waals surface area contributed by atoms with Crippen LogP contribution in [0.5, 0.6) is 0 Å². The summed E-state index contributed by atoms with van der Waals surface area (Å²) in [5, 5.41) is 10.2. The number of aromatic carboxylic acids is 1. The normalized spacial score (nSPS) is 14.5. The number of carboxylic acids is 1. The van der Waals surface area contributed by atoms with E-state index in [0.29, 0.717) is 5.56 Å². The van der Waals surface area contributed by atoms with E-state index in [-0.39, 0.29) is 15.5 Å². The van der Waals surface area contributed by atoms with Gasteiger partial charge >= 0.3 is 5.97 Å². The molecule has 2 heterocycles. The first-order valence-corrected chi connectivity index (χ1v) is 11.3. The average Bonchev–Trinajstić information content (AvgIpc) is 3.30. The summed E-state index contributed by atoms with van der Waals surface area (Å²) < 4.78 is 29.6. The summed E-state index contributed by atoms with van der Waals surface area (Å²) in [5.41, 5.74) is 1.77. The SMILES string of the molecule is Cc1c(S(=O)(=O)Nc2ccccc2C(=O)O)sc2ccc(N3CCCC3)cc12. The first-order chi connectivity index (χ1) is 13.4. The van der Waals surface area contributed by atoms with Gasteiger partial charge in [0.1, 0.15) is 4.21 Å². The number of carboxylic acid groups (broad SMARTS) is 1. The Morgan fingerprint density at radius 1 is 1.14 bits per heavy atom. The lowest BCUT2D eigenvalue weighted by molar-refractivity contribution is 0.0698. The predicted molar refractivity (Wildman–Crippen MR) is 112 cm³/mol. The lowest BCUT2D eigenvalue weighted by atomic mass is 10.1. The highest BCUT2D eigenvalue weighted by molar-refractivity contribution is 7.94. The Labute approximate surface area is 167 Å². The largest absolute Gasteiger partial charge is 0.478 e. The molecule has 3 aromatic rings. The van der Waals surface area contributed by atoms with E-state index in [9.17, 15) is 18.3 Å². The zero-order chi connectivity index (χ0) is 19.9. The van der Waals surface area contributed by atoms with Crippen LogP contribution >= 0.6 is 11.3 Å². The Bertz CT molecular complexity index is 1160. The third-order valence-electron chi connectivity index (χ3n) is 4.99. The minimum Gasteiger partial charge on any atom is -0.478 e. The molecule has 0 aliphatic carbocycles. The number of fused-ring (bicyclic) bond motifs is 1. The van der Waals surface area contributed by atoms with Crippen LogP contribution in [0.25, 0.3) is 10.1 Å². The molecule has 6 nitrogen and oxygen atoms in total. The van der Waals surface area contributed by atoms with Gasteiger partial charge in [0.15, 0.2) is 0 Å². The molecule has 1 saturated heterocycles. The van der Waals surface area contributed by atoms with E-state index in [1.54, 1.807) is 19.1 Å². The van der Waals surface area contributed by atoms with E-state index in [1.807, 2.05) is 12.1 Å². The Morgan fingerprint density at radius 2 is 1.86 bits per heavy atom. The Hall–Kier alpha value is -2.58. The Balaban J connectivity index is 1.73. The Kier molecular flexibility index (Phi) is 4.76. The number of nitrogens with zero attached hydrogens (tertiary/aromatic N) is 1. The predicted octanol–water partition coefficient (Wildman–Crippen LogP) is 4.31. The number of para-hydroxylation sites is 1. The number of hydrogen-bond acceptors (Lipinski definition) is 5. The van der Waals surface area contributed by atoms with E-state index in [4.69, 9.17) is 0 Å². The number of aryl methyl sites for hydroxylation is 1. The van der Waals surface area contributed by atoms with Gasteiger partial charge in [-0.05, 0) is 61.0 Å². The number of carbonyl (C=O) groups is 1. The summed E-state index contributed by atoms with van der Waals surface area (Å²) in [6.07, 6.45) is 2.35. The quantitative estimate of drug-likeness (QED) is 0.647. The molecule has 8 heteroatoms. The minimum absolute atomic E-state index is 0.0598. The fourth-order valence-corrected chi connectivity index (χ4v) is 6.39. The van der Waals surface area contributed by atoms with Crippen molar-refractivity contribution in [2.24, 2.45) is 0 Å². The van der Waals surface area contributed by atoms with Gasteiger partial charge in [-0.1, -0.05) is 12.1 Å². The molecule has 1 aromatic heterocycles. The number of thiophene rings is 1. The second-order valence-corrected chi connectivity index (χ2v) is 9.78. The monoisotopic (exact) mass is 416 g/mol. The third-order valence-corrected chi connectivity index (χ3v) is 8.25. The minimum atomic E-state index is -3.90. The highest BCUT2D eigenvalue weighted by Crippen LogP contribution is 2.37. The maximum Gasteiger partial charge on any atom is 0.337 e. The number of nitrogens with one attached hydrogen (secondary N) is 1. The molecule has 0 spiro atoms. The van der Waals surface area contributed by atoms with Crippen molar-refractivity contribution in [3.63, 3.8) is 0 Å². The van der Waals surface area contributed by atoms with Gasteiger partial charge in [0.2, 0.25) is 0 Å². The van der Waals surface area contributed by atoms with E-state index in [0.717, 1.165) is 28.9 Å². The summed E-state index contributed by atoms with van der Waals surface area (Å²) in [6.45, 7) is 3.84.